The van der Waals surface area contributed by atoms with E-state index in [0.717, 1.165) is 19.5 Å². The lowest BCUT2D eigenvalue weighted by Gasteiger charge is -2.16. The van der Waals surface area contributed by atoms with E-state index in [-0.39, 0.29) is 5.91 Å². The number of carbonyl (C=O) groups is 1. The van der Waals surface area contributed by atoms with Crippen molar-refractivity contribution in [2.75, 3.05) is 13.6 Å². The Morgan fingerprint density at radius 3 is 2.70 bits per heavy atom. The summed E-state index contributed by atoms with van der Waals surface area (Å²) in [5.74, 6) is -0.330. The Morgan fingerprint density at radius 2 is 1.95 bits per heavy atom. The number of hydrogen-bond donors (Lipinski definition) is 2. The van der Waals surface area contributed by atoms with Crippen molar-refractivity contribution in [3.63, 3.8) is 0 Å². The quantitative estimate of drug-likeness (QED) is 0.627. The van der Waals surface area contributed by atoms with Crippen molar-refractivity contribution in [3.05, 3.63) is 48.0 Å². The molecule has 0 fully saturated rings. The van der Waals surface area contributed by atoms with Crippen LogP contribution in [-0.2, 0) is 11.3 Å². The van der Waals surface area contributed by atoms with Crippen LogP contribution in [0.15, 0.2) is 42.5 Å². The molecule has 2 aromatic carbocycles. The van der Waals surface area contributed by atoms with Crippen LogP contribution in [0.1, 0.15) is 18.4 Å². The van der Waals surface area contributed by atoms with E-state index in [2.05, 4.69) is 35.2 Å². The average Bonchev–Trinajstić information content (AvgIpc) is 2.47. The molecule has 0 saturated carbocycles. The first-order valence-corrected chi connectivity index (χ1v) is 6.78. The number of fused-ring (bicyclic) bond motifs is 1. The number of carbonyl (C=O) groups excluding carboxylic acids is 1. The highest BCUT2D eigenvalue weighted by Gasteiger charge is 2.04. The number of hydrogen-bond acceptors (Lipinski definition) is 3. The van der Waals surface area contributed by atoms with Crippen molar-refractivity contribution in [1.29, 1.82) is 0 Å². The number of nitrogens with one attached hydrogen (secondary N) is 1. The first kappa shape index (κ1) is 14.5. The molecule has 2 aromatic rings. The maximum Gasteiger partial charge on any atom is 0.243 e. The standard InChI is InChI=1S/C16H20N2O2/c1-18(10-4-7-16(19)17-20)12-13-8-9-14-5-2-3-6-15(14)11-13/h2-3,5-6,8-9,11,20H,4,7,10,12H2,1H3,(H,17,19). The molecule has 0 saturated heterocycles. The van der Waals surface area contributed by atoms with E-state index in [1.807, 2.05) is 19.2 Å². The van der Waals surface area contributed by atoms with Gasteiger partial charge < -0.3 is 4.90 Å². The molecule has 4 heteroatoms. The molecular weight excluding hydrogens is 252 g/mol. The normalized spacial score (nSPS) is 10.9. The van der Waals surface area contributed by atoms with E-state index < -0.39 is 0 Å². The van der Waals surface area contributed by atoms with Gasteiger partial charge in [0.05, 0.1) is 0 Å². The monoisotopic (exact) mass is 272 g/mol. The molecule has 0 unspecified atom stereocenters. The second-order valence-electron chi connectivity index (χ2n) is 5.06. The first-order valence-electron chi connectivity index (χ1n) is 6.78. The maximum atomic E-state index is 10.9. The molecule has 0 atom stereocenters. The molecule has 0 spiro atoms. The van der Waals surface area contributed by atoms with Gasteiger partial charge in [0.25, 0.3) is 0 Å². The maximum absolute atomic E-state index is 10.9. The van der Waals surface area contributed by atoms with Crippen molar-refractivity contribution in [2.24, 2.45) is 0 Å². The van der Waals surface area contributed by atoms with Gasteiger partial charge in [0, 0.05) is 13.0 Å². The van der Waals surface area contributed by atoms with Gasteiger partial charge in [-0.05, 0) is 42.4 Å². The van der Waals surface area contributed by atoms with Crippen LogP contribution in [0.2, 0.25) is 0 Å². The fourth-order valence-electron chi connectivity index (χ4n) is 2.29. The number of rotatable bonds is 6. The lowest BCUT2D eigenvalue weighted by atomic mass is 10.1. The summed E-state index contributed by atoms with van der Waals surface area (Å²) in [6, 6.07) is 14.8. The summed E-state index contributed by atoms with van der Waals surface area (Å²) in [4.78, 5) is 13.1. The number of amides is 1. The Hall–Kier alpha value is -1.91. The average molecular weight is 272 g/mol. The van der Waals surface area contributed by atoms with Crippen molar-refractivity contribution < 1.29 is 10.0 Å². The van der Waals surface area contributed by atoms with Gasteiger partial charge in [0.2, 0.25) is 5.91 Å². The Kier molecular flexibility index (Phi) is 5.09. The van der Waals surface area contributed by atoms with E-state index in [1.165, 1.54) is 16.3 Å². The third-order valence-electron chi connectivity index (χ3n) is 3.33. The van der Waals surface area contributed by atoms with Gasteiger partial charge in [0.15, 0.2) is 0 Å². The van der Waals surface area contributed by atoms with Crippen LogP contribution in [0.5, 0.6) is 0 Å². The van der Waals surface area contributed by atoms with Crippen LogP contribution in [0, 0.1) is 0 Å². The Labute approximate surface area is 119 Å². The number of hydroxylamine groups is 1. The minimum atomic E-state index is -0.330. The van der Waals surface area contributed by atoms with Gasteiger partial charge in [-0.2, -0.15) is 0 Å². The lowest BCUT2D eigenvalue weighted by molar-refractivity contribution is -0.129. The third-order valence-corrected chi connectivity index (χ3v) is 3.33. The zero-order chi connectivity index (χ0) is 14.4. The fourth-order valence-corrected chi connectivity index (χ4v) is 2.29. The number of nitrogens with zero attached hydrogens (tertiary/aromatic N) is 1. The van der Waals surface area contributed by atoms with E-state index in [1.54, 1.807) is 5.48 Å². The Balaban J connectivity index is 1.89. The molecular formula is C16H20N2O2. The predicted molar refractivity (Wildman–Crippen MR) is 79.4 cm³/mol. The second-order valence-corrected chi connectivity index (χ2v) is 5.06. The first-order chi connectivity index (χ1) is 9.69. The van der Waals surface area contributed by atoms with Gasteiger partial charge in [-0.15, -0.1) is 0 Å². The minimum absolute atomic E-state index is 0.330. The van der Waals surface area contributed by atoms with Gasteiger partial charge in [-0.1, -0.05) is 36.4 Å². The van der Waals surface area contributed by atoms with Gasteiger partial charge >= 0.3 is 0 Å². The summed E-state index contributed by atoms with van der Waals surface area (Å²) in [6.07, 6.45) is 1.08. The van der Waals surface area contributed by atoms with Crippen LogP contribution in [0.3, 0.4) is 0 Å². The van der Waals surface area contributed by atoms with E-state index in [9.17, 15) is 4.79 Å². The molecule has 106 valence electrons. The van der Waals surface area contributed by atoms with Crippen molar-refractivity contribution in [3.8, 4) is 0 Å². The SMILES string of the molecule is CN(CCCC(=O)NO)Cc1ccc2ccccc2c1. The van der Waals surface area contributed by atoms with Crippen molar-refractivity contribution in [1.82, 2.24) is 10.4 Å². The molecule has 4 nitrogen and oxygen atoms in total. The largest absolute Gasteiger partial charge is 0.302 e. The molecule has 1 amide bonds. The van der Waals surface area contributed by atoms with Crippen LogP contribution >= 0.6 is 0 Å². The van der Waals surface area contributed by atoms with Crippen LogP contribution in [0.4, 0.5) is 0 Å². The molecule has 2 rings (SSSR count). The molecule has 0 aromatic heterocycles. The summed E-state index contributed by atoms with van der Waals surface area (Å²) in [7, 11) is 2.03. The Bertz CT molecular complexity index is 583. The van der Waals surface area contributed by atoms with Crippen molar-refractivity contribution in [2.45, 2.75) is 19.4 Å². The fraction of sp³-hybridized carbons (Fsp3) is 0.312. The van der Waals surface area contributed by atoms with Crippen molar-refractivity contribution >= 4 is 16.7 Å². The van der Waals surface area contributed by atoms with E-state index in [0.29, 0.717) is 6.42 Å². The zero-order valence-corrected chi connectivity index (χ0v) is 11.7. The molecule has 0 bridgehead atoms. The van der Waals surface area contributed by atoms with Crippen LogP contribution < -0.4 is 5.48 Å². The molecule has 0 aliphatic rings. The molecule has 20 heavy (non-hydrogen) atoms. The summed E-state index contributed by atoms with van der Waals surface area (Å²) in [6.45, 7) is 1.67. The summed E-state index contributed by atoms with van der Waals surface area (Å²) in [5.41, 5.74) is 2.91. The van der Waals surface area contributed by atoms with Crippen LogP contribution in [0.25, 0.3) is 10.8 Å². The van der Waals surface area contributed by atoms with Gasteiger partial charge in [-0.3, -0.25) is 10.0 Å². The summed E-state index contributed by atoms with van der Waals surface area (Å²) in [5, 5.41) is 10.9. The molecule has 0 radical (unpaired) electrons. The Morgan fingerprint density at radius 1 is 1.20 bits per heavy atom. The minimum Gasteiger partial charge on any atom is -0.302 e. The highest BCUT2D eigenvalue weighted by molar-refractivity contribution is 5.82. The molecule has 2 N–H and O–H groups in total. The van der Waals surface area contributed by atoms with Gasteiger partial charge in [-0.25, -0.2) is 5.48 Å². The lowest BCUT2D eigenvalue weighted by Crippen LogP contribution is -2.23. The highest BCUT2D eigenvalue weighted by atomic mass is 16.5. The molecule has 0 aliphatic heterocycles. The van der Waals surface area contributed by atoms with Crippen LogP contribution in [-0.4, -0.2) is 29.6 Å². The topological polar surface area (TPSA) is 52.6 Å². The van der Waals surface area contributed by atoms with E-state index >= 15 is 0 Å². The summed E-state index contributed by atoms with van der Waals surface area (Å²) < 4.78 is 0. The van der Waals surface area contributed by atoms with E-state index in [4.69, 9.17) is 5.21 Å². The highest BCUT2D eigenvalue weighted by Crippen LogP contribution is 2.16. The summed E-state index contributed by atoms with van der Waals surface area (Å²) >= 11 is 0. The predicted octanol–water partition coefficient (Wildman–Crippen LogP) is 2.56. The number of benzene rings is 2. The molecule has 0 heterocycles. The third kappa shape index (κ3) is 4.05. The smallest absolute Gasteiger partial charge is 0.243 e. The second kappa shape index (κ2) is 7.03. The zero-order valence-electron chi connectivity index (χ0n) is 11.7. The molecule has 0 aliphatic carbocycles. The van der Waals surface area contributed by atoms with Gasteiger partial charge in [0.1, 0.15) is 0 Å².